The molecule has 0 aliphatic carbocycles. The summed E-state index contributed by atoms with van der Waals surface area (Å²) in [4.78, 5) is 33.6. The summed E-state index contributed by atoms with van der Waals surface area (Å²) in [5, 5.41) is -0.0532. The molecule has 0 spiro atoms. The minimum absolute atomic E-state index is 0.0532. The van der Waals surface area contributed by atoms with Crippen molar-refractivity contribution in [2.24, 2.45) is 0 Å². The highest BCUT2D eigenvalue weighted by molar-refractivity contribution is 6.52. The fraction of sp³-hybridized carbons (Fsp3) is 0.316. The van der Waals surface area contributed by atoms with E-state index in [4.69, 9.17) is 11.6 Å². The topological polar surface area (TPSA) is 56.8 Å². The van der Waals surface area contributed by atoms with Gasteiger partial charge in [-0.05, 0) is 18.2 Å². The van der Waals surface area contributed by atoms with Crippen LogP contribution in [0.25, 0.3) is 0 Å². The first-order valence-corrected chi connectivity index (χ1v) is 9.29. The van der Waals surface area contributed by atoms with Gasteiger partial charge in [0.1, 0.15) is 5.82 Å². The van der Waals surface area contributed by atoms with Crippen molar-refractivity contribution in [3.05, 3.63) is 52.7 Å². The smallest absolute Gasteiger partial charge is 0.353 e. The Bertz CT molecular complexity index is 974. The van der Waals surface area contributed by atoms with Crippen molar-refractivity contribution < 1.29 is 22.8 Å². The Morgan fingerprint density at radius 2 is 1.76 bits per heavy atom. The van der Waals surface area contributed by atoms with E-state index in [0.717, 1.165) is 12.3 Å². The Kier molecular flexibility index (Phi) is 4.95. The number of rotatable bonds is 3. The van der Waals surface area contributed by atoms with Gasteiger partial charge in [-0.25, -0.2) is 4.98 Å². The van der Waals surface area contributed by atoms with Gasteiger partial charge < -0.3 is 4.90 Å². The van der Waals surface area contributed by atoms with Crippen LogP contribution in [-0.4, -0.2) is 54.4 Å². The van der Waals surface area contributed by atoms with Gasteiger partial charge in [0, 0.05) is 32.4 Å². The van der Waals surface area contributed by atoms with Crippen LogP contribution in [0.15, 0.2) is 36.5 Å². The molecule has 0 radical (unpaired) electrons. The fourth-order valence-corrected chi connectivity index (χ4v) is 3.79. The van der Waals surface area contributed by atoms with Gasteiger partial charge in [0.2, 0.25) is 0 Å². The molecule has 4 rings (SSSR count). The van der Waals surface area contributed by atoms with E-state index in [1.807, 2.05) is 9.80 Å². The van der Waals surface area contributed by atoms with Crippen molar-refractivity contribution in [1.82, 2.24) is 9.88 Å². The number of hydrogen-bond donors (Lipinski definition) is 0. The summed E-state index contributed by atoms with van der Waals surface area (Å²) in [5.41, 5.74) is 0.106. The zero-order chi connectivity index (χ0) is 20.8. The van der Waals surface area contributed by atoms with Gasteiger partial charge in [0.05, 0.1) is 28.5 Å². The Hall–Kier alpha value is -2.65. The molecule has 152 valence electrons. The quantitative estimate of drug-likeness (QED) is 0.709. The van der Waals surface area contributed by atoms with Gasteiger partial charge in [-0.2, -0.15) is 13.2 Å². The first kappa shape index (κ1) is 19.7. The number of ketones is 1. The number of anilines is 2. The number of carbonyl (C=O) groups excluding carboxylic acids is 2. The molecule has 1 aromatic carbocycles. The predicted molar refractivity (Wildman–Crippen MR) is 101 cm³/mol. The third-order valence-corrected chi connectivity index (χ3v) is 5.32. The lowest BCUT2D eigenvalue weighted by molar-refractivity contribution is -0.137. The number of nitrogens with zero attached hydrogens (tertiary/aromatic N) is 4. The van der Waals surface area contributed by atoms with Crippen LogP contribution in [0.3, 0.4) is 0 Å². The minimum Gasteiger partial charge on any atom is -0.353 e. The van der Waals surface area contributed by atoms with E-state index in [1.54, 1.807) is 24.3 Å². The number of carbonyl (C=O) groups is 2. The monoisotopic (exact) mass is 424 g/mol. The Morgan fingerprint density at radius 3 is 2.41 bits per heavy atom. The van der Waals surface area contributed by atoms with Crippen molar-refractivity contribution in [1.29, 1.82) is 0 Å². The Labute approximate surface area is 169 Å². The van der Waals surface area contributed by atoms with Crippen LogP contribution in [0, 0.1) is 0 Å². The van der Waals surface area contributed by atoms with Gasteiger partial charge in [-0.3, -0.25) is 19.4 Å². The minimum atomic E-state index is -4.50. The molecule has 6 nitrogen and oxygen atoms in total. The number of piperazine rings is 1. The highest BCUT2D eigenvalue weighted by atomic mass is 35.5. The largest absolute Gasteiger partial charge is 0.417 e. The lowest BCUT2D eigenvalue weighted by atomic mass is 10.1. The first-order valence-electron chi connectivity index (χ1n) is 8.91. The van der Waals surface area contributed by atoms with E-state index >= 15 is 0 Å². The molecule has 1 saturated heterocycles. The molecule has 1 aromatic heterocycles. The molecule has 2 aliphatic heterocycles. The summed E-state index contributed by atoms with van der Waals surface area (Å²) in [6.07, 6.45) is -3.72. The average Bonchev–Trinajstić information content (AvgIpc) is 2.93. The van der Waals surface area contributed by atoms with Crippen LogP contribution < -0.4 is 9.80 Å². The van der Waals surface area contributed by atoms with E-state index in [-0.39, 0.29) is 11.7 Å². The highest BCUT2D eigenvalue weighted by Crippen LogP contribution is 2.34. The number of fused-ring (bicyclic) bond motifs is 1. The lowest BCUT2D eigenvalue weighted by Gasteiger charge is -2.37. The normalized spacial score (nSPS) is 17.8. The molecule has 0 unspecified atom stereocenters. The average molecular weight is 425 g/mol. The SMILES string of the molecule is O=C1C(=O)N(CN2CCN(c3ncc(C(F)(F)F)cc3Cl)CC2)c2ccccc21. The second-order valence-corrected chi connectivity index (χ2v) is 7.26. The van der Waals surface area contributed by atoms with Crippen LogP contribution in [0.2, 0.25) is 5.02 Å². The molecular weight excluding hydrogens is 409 g/mol. The highest BCUT2D eigenvalue weighted by Gasteiger charge is 2.37. The van der Waals surface area contributed by atoms with Crippen LogP contribution in [-0.2, 0) is 11.0 Å². The van der Waals surface area contributed by atoms with Crippen molar-refractivity contribution >= 4 is 34.8 Å². The van der Waals surface area contributed by atoms with Crippen LogP contribution in [0.1, 0.15) is 15.9 Å². The van der Waals surface area contributed by atoms with Crippen molar-refractivity contribution in [3.8, 4) is 0 Å². The number of halogens is 4. The van der Waals surface area contributed by atoms with Crippen molar-refractivity contribution in [3.63, 3.8) is 0 Å². The number of amides is 1. The second kappa shape index (κ2) is 7.31. The van der Waals surface area contributed by atoms with Crippen molar-refractivity contribution in [2.45, 2.75) is 6.18 Å². The standard InChI is InChI=1S/C19H16ClF3N4O2/c20-14-9-12(19(21,22)23)10-24-17(14)26-7-5-25(6-8-26)11-27-15-4-2-1-3-13(15)16(28)18(27)29/h1-4,9-10H,5-8,11H2. The third kappa shape index (κ3) is 3.67. The van der Waals surface area contributed by atoms with Crippen LogP contribution >= 0.6 is 11.6 Å². The maximum Gasteiger partial charge on any atom is 0.417 e. The summed E-state index contributed by atoms with van der Waals surface area (Å²) in [6, 6.07) is 7.73. The summed E-state index contributed by atoms with van der Waals surface area (Å²) in [5.74, 6) is -0.766. The molecule has 0 N–H and O–H groups in total. The molecule has 29 heavy (non-hydrogen) atoms. The zero-order valence-electron chi connectivity index (χ0n) is 15.1. The van der Waals surface area contributed by atoms with E-state index < -0.39 is 23.4 Å². The third-order valence-electron chi connectivity index (χ3n) is 5.04. The molecule has 3 heterocycles. The van der Waals surface area contributed by atoms with Crippen molar-refractivity contribution in [2.75, 3.05) is 42.6 Å². The van der Waals surface area contributed by atoms with Gasteiger partial charge >= 0.3 is 12.1 Å². The predicted octanol–water partition coefficient (Wildman–Crippen LogP) is 3.06. The van der Waals surface area contributed by atoms with Gasteiger partial charge in [-0.15, -0.1) is 0 Å². The van der Waals surface area contributed by atoms with E-state index in [2.05, 4.69) is 4.98 Å². The second-order valence-electron chi connectivity index (χ2n) is 6.85. The van der Waals surface area contributed by atoms with Crippen LogP contribution in [0.4, 0.5) is 24.7 Å². The Morgan fingerprint density at radius 1 is 1.07 bits per heavy atom. The lowest BCUT2D eigenvalue weighted by Crippen LogP contribution is -2.51. The summed E-state index contributed by atoms with van der Waals surface area (Å²) < 4.78 is 38.3. The number of Topliss-reactive ketones (excluding diaryl/α,β-unsaturated/α-hetero) is 1. The molecule has 2 aliphatic rings. The van der Waals surface area contributed by atoms with Gasteiger partial charge in [0.25, 0.3) is 5.78 Å². The maximum atomic E-state index is 12.8. The molecule has 0 atom stereocenters. The molecule has 0 saturated carbocycles. The molecule has 2 aromatic rings. The number of para-hydroxylation sites is 1. The van der Waals surface area contributed by atoms with E-state index in [0.29, 0.717) is 43.2 Å². The van der Waals surface area contributed by atoms with E-state index in [1.165, 1.54) is 4.90 Å². The zero-order valence-corrected chi connectivity index (χ0v) is 15.9. The number of benzene rings is 1. The molecule has 1 fully saturated rings. The van der Waals surface area contributed by atoms with Gasteiger partial charge in [0.15, 0.2) is 0 Å². The summed E-state index contributed by atoms with van der Waals surface area (Å²) >= 11 is 6.03. The molecule has 10 heteroatoms. The summed E-state index contributed by atoms with van der Waals surface area (Å²) in [7, 11) is 0. The summed E-state index contributed by atoms with van der Waals surface area (Å²) in [6.45, 7) is 2.31. The number of alkyl halides is 3. The number of hydrogen-bond acceptors (Lipinski definition) is 5. The number of aromatic nitrogens is 1. The number of pyridine rings is 1. The van der Waals surface area contributed by atoms with Gasteiger partial charge in [-0.1, -0.05) is 23.7 Å². The van der Waals surface area contributed by atoms with E-state index in [9.17, 15) is 22.8 Å². The fourth-order valence-electron chi connectivity index (χ4n) is 3.51. The first-order chi connectivity index (χ1) is 13.8. The molecule has 1 amide bonds. The molecular formula is C19H16ClF3N4O2. The maximum absolute atomic E-state index is 12.8. The van der Waals surface area contributed by atoms with Crippen LogP contribution in [0.5, 0.6) is 0 Å². The molecule has 0 bridgehead atoms. The Balaban J connectivity index is 1.42.